The van der Waals surface area contributed by atoms with Crippen molar-refractivity contribution in [3.8, 4) is 0 Å². The molecule has 0 radical (unpaired) electrons. The number of hydrogen-bond acceptors (Lipinski definition) is 4. The molecule has 0 aromatic carbocycles. The molecule has 0 atom stereocenters. The molecule has 154 valence electrons. The van der Waals surface area contributed by atoms with Gasteiger partial charge in [0, 0.05) is 44.5 Å². The van der Waals surface area contributed by atoms with Crippen LogP contribution >= 0.6 is 24.0 Å². The number of nitrogens with one attached hydrogen (secondary N) is 1. The van der Waals surface area contributed by atoms with Gasteiger partial charge in [-0.1, -0.05) is 6.07 Å². The molecule has 0 saturated carbocycles. The molecule has 1 aromatic heterocycles. The third-order valence-electron chi connectivity index (χ3n) is 4.14. The fourth-order valence-electron chi connectivity index (χ4n) is 2.63. The number of sulfonamides is 1. The molecule has 0 unspecified atom stereocenters. The lowest BCUT2D eigenvalue weighted by Crippen LogP contribution is -2.45. The van der Waals surface area contributed by atoms with Crippen molar-refractivity contribution in [3.05, 3.63) is 30.1 Å². The molecule has 1 aromatic rings. The third-order valence-corrected chi connectivity index (χ3v) is 5.77. The van der Waals surface area contributed by atoms with Crippen molar-refractivity contribution >= 4 is 40.0 Å². The van der Waals surface area contributed by atoms with Crippen LogP contribution in [0.15, 0.2) is 29.4 Å². The maximum atomic E-state index is 12.5. The Kier molecular flexibility index (Phi) is 9.21. The fourth-order valence-corrected chi connectivity index (χ4v) is 3.61. The molecule has 2 heterocycles. The highest BCUT2D eigenvalue weighted by atomic mass is 127. The van der Waals surface area contributed by atoms with Gasteiger partial charge < -0.3 is 11.1 Å². The maximum Gasteiger partial charge on any atom is 0.511 e. The summed E-state index contributed by atoms with van der Waals surface area (Å²) in [5.41, 5.74) is 1.44. The summed E-state index contributed by atoms with van der Waals surface area (Å²) in [5, 5.41) is 2.96. The summed E-state index contributed by atoms with van der Waals surface area (Å²) in [6.45, 7) is 0.598. The second-order valence-corrected chi connectivity index (χ2v) is 7.95. The van der Waals surface area contributed by atoms with E-state index in [1.54, 1.807) is 6.20 Å². The number of alkyl halides is 3. The number of aliphatic imine (C=N–C) groups is 1. The van der Waals surface area contributed by atoms with Crippen LogP contribution in [0.5, 0.6) is 0 Å². The molecule has 1 aliphatic rings. The number of hydrogen-bond donors (Lipinski definition) is 2. The van der Waals surface area contributed by atoms with Gasteiger partial charge in [0.2, 0.25) is 0 Å². The van der Waals surface area contributed by atoms with Crippen molar-refractivity contribution < 1.29 is 21.6 Å². The molecule has 0 spiro atoms. The molecule has 0 bridgehead atoms. The topological polar surface area (TPSA) is 101 Å². The molecule has 1 saturated heterocycles. The maximum absolute atomic E-state index is 12.5. The Morgan fingerprint density at radius 3 is 2.56 bits per heavy atom. The zero-order valence-electron chi connectivity index (χ0n) is 14.5. The minimum absolute atomic E-state index is 0. The Morgan fingerprint density at radius 2 is 2.00 bits per heavy atom. The standard InChI is InChI=1S/C15H22F3N5O2S.HI/c16-15(17,18)26(24,25)23-9-5-12(6-10-23)11-22-14(19)21-8-4-13-3-1-2-7-20-13;/h1-3,7,12H,4-6,8-11H2,(H3,19,21,22);1H. The Labute approximate surface area is 173 Å². The first-order valence-electron chi connectivity index (χ1n) is 8.20. The predicted molar refractivity (Wildman–Crippen MR) is 107 cm³/mol. The van der Waals surface area contributed by atoms with Gasteiger partial charge >= 0.3 is 15.5 Å². The lowest BCUT2D eigenvalue weighted by atomic mass is 9.98. The van der Waals surface area contributed by atoms with Crippen molar-refractivity contribution in [1.82, 2.24) is 14.6 Å². The van der Waals surface area contributed by atoms with E-state index in [0.29, 0.717) is 36.7 Å². The van der Waals surface area contributed by atoms with Gasteiger partial charge in [0.1, 0.15) is 0 Å². The van der Waals surface area contributed by atoms with Gasteiger partial charge in [-0.3, -0.25) is 9.98 Å². The van der Waals surface area contributed by atoms with E-state index in [2.05, 4.69) is 15.3 Å². The molecular formula is C15H23F3IN5O2S. The number of aromatic nitrogens is 1. The van der Waals surface area contributed by atoms with Crippen molar-refractivity contribution in [2.45, 2.75) is 24.8 Å². The quantitative estimate of drug-likeness (QED) is 0.338. The summed E-state index contributed by atoms with van der Waals surface area (Å²) in [5.74, 6) is 0.261. The molecule has 0 amide bonds. The molecule has 0 aliphatic carbocycles. The third kappa shape index (κ3) is 7.07. The average molecular weight is 521 g/mol. The first-order valence-corrected chi connectivity index (χ1v) is 9.64. The van der Waals surface area contributed by atoms with Crippen LogP contribution < -0.4 is 11.1 Å². The van der Waals surface area contributed by atoms with Gasteiger partial charge in [0.25, 0.3) is 0 Å². The van der Waals surface area contributed by atoms with Crippen LogP contribution in [0, 0.1) is 5.92 Å². The van der Waals surface area contributed by atoms with E-state index >= 15 is 0 Å². The summed E-state index contributed by atoms with van der Waals surface area (Å²) >= 11 is 0. The Bertz CT molecular complexity index is 708. The monoisotopic (exact) mass is 521 g/mol. The molecule has 7 nitrogen and oxygen atoms in total. The number of piperidine rings is 1. The van der Waals surface area contributed by atoms with Crippen LogP contribution in [-0.2, 0) is 16.4 Å². The van der Waals surface area contributed by atoms with Crippen molar-refractivity contribution in [2.24, 2.45) is 16.6 Å². The van der Waals surface area contributed by atoms with Crippen molar-refractivity contribution in [1.29, 1.82) is 0 Å². The second-order valence-electron chi connectivity index (χ2n) is 6.02. The van der Waals surface area contributed by atoms with Crippen LogP contribution in [0.2, 0.25) is 0 Å². The Hall–Kier alpha value is -1.15. The van der Waals surface area contributed by atoms with Crippen molar-refractivity contribution in [2.75, 3.05) is 26.2 Å². The van der Waals surface area contributed by atoms with Gasteiger partial charge in [-0.2, -0.15) is 17.5 Å². The number of pyridine rings is 1. The van der Waals surface area contributed by atoms with Crippen LogP contribution in [0.4, 0.5) is 13.2 Å². The van der Waals surface area contributed by atoms with E-state index < -0.39 is 15.5 Å². The summed E-state index contributed by atoms with van der Waals surface area (Å²) in [6.07, 6.45) is 3.03. The first kappa shape index (κ1) is 23.9. The number of rotatable bonds is 6. The largest absolute Gasteiger partial charge is 0.511 e. The summed E-state index contributed by atoms with van der Waals surface area (Å²) in [4.78, 5) is 8.37. The van der Waals surface area contributed by atoms with E-state index in [1.807, 2.05) is 18.2 Å². The van der Waals surface area contributed by atoms with Crippen molar-refractivity contribution in [3.63, 3.8) is 0 Å². The highest BCUT2D eigenvalue weighted by molar-refractivity contribution is 14.0. The highest BCUT2D eigenvalue weighted by Crippen LogP contribution is 2.30. The van der Waals surface area contributed by atoms with E-state index in [1.165, 1.54) is 0 Å². The van der Waals surface area contributed by atoms with Gasteiger partial charge in [-0.25, -0.2) is 8.42 Å². The minimum atomic E-state index is -5.25. The van der Waals surface area contributed by atoms with E-state index in [-0.39, 0.29) is 48.9 Å². The normalized spacial score (nSPS) is 17.4. The number of halogens is 4. The lowest BCUT2D eigenvalue weighted by Gasteiger charge is -2.30. The van der Waals surface area contributed by atoms with Crippen LogP contribution in [0.3, 0.4) is 0 Å². The van der Waals surface area contributed by atoms with Gasteiger partial charge in [0.05, 0.1) is 0 Å². The number of nitrogens with two attached hydrogens (primary N) is 1. The predicted octanol–water partition coefficient (Wildman–Crippen LogP) is 1.71. The molecule has 1 fully saturated rings. The van der Waals surface area contributed by atoms with Crippen LogP contribution in [-0.4, -0.2) is 55.4 Å². The molecule has 12 heteroatoms. The fraction of sp³-hybridized carbons (Fsp3) is 0.600. The van der Waals surface area contributed by atoms with Crippen LogP contribution in [0.1, 0.15) is 18.5 Å². The minimum Gasteiger partial charge on any atom is -0.370 e. The first-order chi connectivity index (χ1) is 12.2. The summed E-state index contributed by atoms with van der Waals surface area (Å²) in [6, 6.07) is 5.63. The zero-order chi connectivity index (χ0) is 19.2. The smallest absolute Gasteiger partial charge is 0.370 e. The molecule has 3 N–H and O–H groups in total. The molecule has 1 aliphatic heterocycles. The number of guanidine groups is 1. The van der Waals surface area contributed by atoms with E-state index in [4.69, 9.17) is 5.73 Å². The van der Waals surface area contributed by atoms with E-state index in [9.17, 15) is 21.6 Å². The average Bonchev–Trinajstić information content (AvgIpc) is 2.60. The number of nitrogens with zero attached hydrogens (tertiary/aromatic N) is 3. The van der Waals surface area contributed by atoms with Gasteiger partial charge in [-0.15, -0.1) is 24.0 Å². The second kappa shape index (κ2) is 10.4. The highest BCUT2D eigenvalue weighted by Gasteiger charge is 2.50. The van der Waals surface area contributed by atoms with Crippen LogP contribution in [0.25, 0.3) is 0 Å². The van der Waals surface area contributed by atoms with Gasteiger partial charge in [0.15, 0.2) is 5.96 Å². The molecular weight excluding hydrogens is 498 g/mol. The zero-order valence-corrected chi connectivity index (χ0v) is 17.7. The Morgan fingerprint density at radius 1 is 1.33 bits per heavy atom. The Balaban J connectivity index is 0.00000364. The SMILES string of the molecule is I.NC(=NCC1CCN(S(=O)(=O)C(F)(F)F)CC1)NCCc1ccccn1. The lowest BCUT2D eigenvalue weighted by molar-refractivity contribution is -0.0496. The summed E-state index contributed by atoms with van der Waals surface area (Å²) < 4.78 is 60.8. The molecule has 27 heavy (non-hydrogen) atoms. The summed E-state index contributed by atoms with van der Waals surface area (Å²) in [7, 11) is -5.24. The van der Waals surface area contributed by atoms with Gasteiger partial charge in [-0.05, 0) is 30.9 Å². The van der Waals surface area contributed by atoms with E-state index in [0.717, 1.165) is 5.69 Å². The molecule has 2 rings (SSSR count).